The normalized spacial score (nSPS) is 11.0. The van der Waals surface area contributed by atoms with Crippen molar-refractivity contribution in [3.8, 4) is 5.75 Å². The zero-order valence-electron chi connectivity index (χ0n) is 14.4. The molecule has 0 aliphatic rings. The van der Waals surface area contributed by atoms with Gasteiger partial charge in [-0.25, -0.2) is 13.4 Å². The van der Waals surface area contributed by atoms with Crippen molar-refractivity contribution in [1.29, 1.82) is 0 Å². The maximum Gasteiger partial charge on any atom is 0.261 e. The number of hydrogen-bond acceptors (Lipinski definition) is 5. The van der Waals surface area contributed by atoms with E-state index in [4.69, 9.17) is 4.74 Å². The molecule has 0 saturated carbocycles. The van der Waals surface area contributed by atoms with Crippen molar-refractivity contribution in [3.63, 3.8) is 0 Å². The Balaban J connectivity index is 1.72. The Hall–Kier alpha value is -3.06. The first-order chi connectivity index (χ1) is 12.5. The fourth-order valence-electron chi connectivity index (χ4n) is 2.31. The second-order valence-electron chi connectivity index (χ2n) is 5.71. The van der Waals surface area contributed by atoms with E-state index in [0.717, 1.165) is 17.0 Å². The molecule has 0 atom stereocenters. The summed E-state index contributed by atoms with van der Waals surface area (Å²) in [5.74, 6) is 1.33. The zero-order chi connectivity index (χ0) is 18.6. The minimum atomic E-state index is -3.64. The molecule has 1 heterocycles. The third-order valence-electron chi connectivity index (χ3n) is 3.69. The standard InChI is InChI=1S/C19H19N3O3S/c1-14-6-9-18(10-7-14)26(23,24)22-16-8-11-19(20-13-16)21-15-4-3-5-17(12-15)25-2/h3-13,22H,1-2H3,(H,20,21). The van der Waals surface area contributed by atoms with E-state index >= 15 is 0 Å². The van der Waals surface area contributed by atoms with Gasteiger partial charge in [0, 0.05) is 11.8 Å². The molecule has 1 aromatic heterocycles. The van der Waals surface area contributed by atoms with Crippen molar-refractivity contribution in [2.75, 3.05) is 17.1 Å². The smallest absolute Gasteiger partial charge is 0.261 e. The van der Waals surface area contributed by atoms with E-state index in [-0.39, 0.29) is 4.90 Å². The molecule has 0 aliphatic heterocycles. The van der Waals surface area contributed by atoms with Crippen LogP contribution >= 0.6 is 0 Å². The Morgan fingerprint density at radius 1 is 0.962 bits per heavy atom. The minimum absolute atomic E-state index is 0.210. The molecule has 0 radical (unpaired) electrons. The van der Waals surface area contributed by atoms with Crippen molar-refractivity contribution in [2.24, 2.45) is 0 Å². The molecule has 7 heteroatoms. The number of nitrogens with zero attached hydrogens (tertiary/aromatic N) is 1. The molecule has 0 unspecified atom stereocenters. The Morgan fingerprint density at radius 3 is 2.38 bits per heavy atom. The van der Waals surface area contributed by atoms with Crippen LogP contribution in [-0.2, 0) is 10.0 Å². The van der Waals surface area contributed by atoms with Gasteiger partial charge in [-0.3, -0.25) is 4.72 Å². The highest BCUT2D eigenvalue weighted by molar-refractivity contribution is 7.92. The van der Waals surface area contributed by atoms with Crippen LogP contribution in [0.2, 0.25) is 0 Å². The molecule has 0 spiro atoms. The molecule has 134 valence electrons. The lowest BCUT2D eigenvalue weighted by molar-refractivity contribution is 0.415. The summed E-state index contributed by atoms with van der Waals surface area (Å²) in [7, 11) is -2.03. The van der Waals surface area contributed by atoms with Gasteiger partial charge in [0.1, 0.15) is 11.6 Å². The number of anilines is 3. The van der Waals surface area contributed by atoms with Crippen LogP contribution in [0.3, 0.4) is 0 Å². The Kier molecular flexibility index (Phi) is 5.09. The van der Waals surface area contributed by atoms with Crippen molar-refractivity contribution in [3.05, 3.63) is 72.4 Å². The van der Waals surface area contributed by atoms with Crippen LogP contribution in [0.5, 0.6) is 5.75 Å². The third-order valence-corrected chi connectivity index (χ3v) is 5.09. The number of methoxy groups -OCH3 is 1. The van der Waals surface area contributed by atoms with Gasteiger partial charge in [0.15, 0.2) is 0 Å². The number of hydrogen-bond donors (Lipinski definition) is 2. The van der Waals surface area contributed by atoms with Crippen LogP contribution in [-0.4, -0.2) is 20.5 Å². The van der Waals surface area contributed by atoms with E-state index in [1.54, 1.807) is 43.5 Å². The van der Waals surface area contributed by atoms with Crippen molar-refractivity contribution >= 4 is 27.2 Å². The highest BCUT2D eigenvalue weighted by Crippen LogP contribution is 2.22. The molecule has 6 nitrogen and oxygen atoms in total. The lowest BCUT2D eigenvalue weighted by Gasteiger charge is -2.10. The molecule has 0 amide bonds. The maximum atomic E-state index is 12.4. The number of aryl methyl sites for hydroxylation is 1. The van der Waals surface area contributed by atoms with Crippen LogP contribution in [0.15, 0.2) is 71.8 Å². The summed E-state index contributed by atoms with van der Waals surface area (Å²) in [4.78, 5) is 4.45. The molecule has 3 aromatic rings. The molecule has 0 fully saturated rings. The van der Waals surface area contributed by atoms with Crippen molar-refractivity contribution < 1.29 is 13.2 Å². The quantitative estimate of drug-likeness (QED) is 0.688. The summed E-state index contributed by atoms with van der Waals surface area (Å²) in [5.41, 5.74) is 2.21. The Morgan fingerprint density at radius 2 is 1.73 bits per heavy atom. The van der Waals surface area contributed by atoms with Gasteiger partial charge in [-0.1, -0.05) is 23.8 Å². The van der Waals surface area contributed by atoms with E-state index < -0.39 is 10.0 Å². The van der Waals surface area contributed by atoms with Crippen LogP contribution in [0.25, 0.3) is 0 Å². The highest BCUT2D eigenvalue weighted by Gasteiger charge is 2.14. The molecular weight excluding hydrogens is 350 g/mol. The van der Waals surface area contributed by atoms with Crippen LogP contribution in [0, 0.1) is 6.92 Å². The number of aromatic nitrogens is 1. The van der Waals surface area contributed by atoms with E-state index in [1.807, 2.05) is 31.2 Å². The average molecular weight is 369 g/mol. The van der Waals surface area contributed by atoms with Crippen LogP contribution in [0.4, 0.5) is 17.2 Å². The topological polar surface area (TPSA) is 80.3 Å². The molecule has 2 N–H and O–H groups in total. The van der Waals surface area contributed by atoms with Gasteiger partial charge >= 0.3 is 0 Å². The lowest BCUT2D eigenvalue weighted by Crippen LogP contribution is -2.13. The summed E-state index contributed by atoms with van der Waals surface area (Å²) in [5, 5.41) is 3.14. The lowest BCUT2D eigenvalue weighted by atomic mass is 10.2. The number of ether oxygens (including phenoxy) is 1. The third kappa shape index (κ3) is 4.31. The van der Waals surface area contributed by atoms with Gasteiger partial charge in [-0.05, 0) is 43.3 Å². The molecule has 0 bridgehead atoms. The van der Waals surface area contributed by atoms with E-state index in [9.17, 15) is 8.42 Å². The van der Waals surface area contributed by atoms with Gasteiger partial charge in [-0.15, -0.1) is 0 Å². The fourth-order valence-corrected chi connectivity index (χ4v) is 3.35. The van der Waals surface area contributed by atoms with Gasteiger partial charge < -0.3 is 10.1 Å². The van der Waals surface area contributed by atoms with E-state index in [2.05, 4.69) is 15.0 Å². The first-order valence-electron chi connectivity index (χ1n) is 7.93. The second kappa shape index (κ2) is 7.45. The number of sulfonamides is 1. The van der Waals surface area contributed by atoms with Crippen LogP contribution < -0.4 is 14.8 Å². The molecule has 0 saturated heterocycles. The van der Waals surface area contributed by atoms with Gasteiger partial charge in [0.2, 0.25) is 0 Å². The molecule has 0 aliphatic carbocycles. The summed E-state index contributed by atoms with van der Waals surface area (Å²) in [6.45, 7) is 1.90. The van der Waals surface area contributed by atoms with Gasteiger partial charge in [0.25, 0.3) is 10.0 Å². The average Bonchev–Trinajstić information content (AvgIpc) is 2.64. The first-order valence-corrected chi connectivity index (χ1v) is 9.41. The first kappa shape index (κ1) is 17.8. The monoisotopic (exact) mass is 369 g/mol. The van der Waals surface area contributed by atoms with E-state index in [1.165, 1.54) is 6.20 Å². The second-order valence-corrected chi connectivity index (χ2v) is 7.39. The van der Waals surface area contributed by atoms with Crippen molar-refractivity contribution in [2.45, 2.75) is 11.8 Å². The Labute approximate surface area is 152 Å². The Bertz CT molecular complexity index is 985. The van der Waals surface area contributed by atoms with Gasteiger partial charge in [-0.2, -0.15) is 0 Å². The number of nitrogens with one attached hydrogen (secondary N) is 2. The highest BCUT2D eigenvalue weighted by atomic mass is 32.2. The van der Waals surface area contributed by atoms with Crippen molar-refractivity contribution in [1.82, 2.24) is 4.98 Å². The van der Waals surface area contributed by atoms with Crippen LogP contribution in [0.1, 0.15) is 5.56 Å². The molecule has 3 rings (SSSR count). The summed E-state index contributed by atoms with van der Waals surface area (Å²) in [6.07, 6.45) is 1.47. The predicted octanol–water partition coefficient (Wildman–Crippen LogP) is 3.94. The summed E-state index contributed by atoms with van der Waals surface area (Å²) < 4.78 is 32.5. The van der Waals surface area contributed by atoms with Gasteiger partial charge in [0.05, 0.1) is 23.9 Å². The SMILES string of the molecule is COc1cccc(Nc2ccc(NS(=O)(=O)c3ccc(C)cc3)cn2)c1. The maximum absolute atomic E-state index is 12.4. The summed E-state index contributed by atoms with van der Waals surface area (Å²) >= 11 is 0. The number of pyridine rings is 1. The minimum Gasteiger partial charge on any atom is -0.497 e. The molecular formula is C19H19N3O3S. The number of benzene rings is 2. The predicted molar refractivity (Wildman–Crippen MR) is 103 cm³/mol. The summed E-state index contributed by atoms with van der Waals surface area (Å²) in [6, 6.07) is 17.5. The largest absolute Gasteiger partial charge is 0.497 e. The molecule has 2 aromatic carbocycles. The fraction of sp³-hybridized carbons (Fsp3) is 0.105. The zero-order valence-corrected chi connectivity index (χ0v) is 15.2. The molecule has 26 heavy (non-hydrogen) atoms. The number of rotatable bonds is 6. The van der Waals surface area contributed by atoms with E-state index in [0.29, 0.717) is 11.5 Å².